The molecule has 0 bridgehead atoms. The van der Waals surface area contributed by atoms with Gasteiger partial charge >= 0.3 is 5.97 Å². The summed E-state index contributed by atoms with van der Waals surface area (Å²) in [7, 11) is 0. The summed E-state index contributed by atoms with van der Waals surface area (Å²) >= 11 is 3.39. The zero-order chi connectivity index (χ0) is 13.1. The molecule has 4 nitrogen and oxygen atoms in total. The molecular formula is C13H13BrN2O2. The Kier molecular flexibility index (Phi) is 3.81. The van der Waals surface area contributed by atoms with Crippen molar-refractivity contribution in [3.05, 3.63) is 51.5 Å². The molecule has 2 rings (SSSR count). The molecule has 2 aromatic rings. The number of nitrogens with one attached hydrogen (secondary N) is 1. The van der Waals surface area contributed by atoms with Crippen LogP contribution in [0.25, 0.3) is 0 Å². The van der Waals surface area contributed by atoms with Gasteiger partial charge in [-0.1, -0.05) is 28.1 Å². The molecular weight excluding hydrogens is 296 g/mol. The van der Waals surface area contributed by atoms with Gasteiger partial charge in [-0.15, -0.1) is 0 Å². The highest BCUT2D eigenvalue weighted by Crippen LogP contribution is 2.14. The Balaban J connectivity index is 2.14. The molecule has 94 valence electrons. The summed E-state index contributed by atoms with van der Waals surface area (Å²) < 4.78 is 1.04. The van der Waals surface area contributed by atoms with Crippen molar-refractivity contribution in [2.45, 2.75) is 19.8 Å². The Hall–Kier alpha value is -1.62. The Morgan fingerprint density at radius 1 is 1.39 bits per heavy atom. The van der Waals surface area contributed by atoms with Gasteiger partial charge in [0.05, 0.1) is 12.1 Å². The van der Waals surface area contributed by atoms with Crippen molar-refractivity contribution < 1.29 is 9.90 Å². The normalized spacial score (nSPS) is 10.6. The molecule has 0 aliphatic carbocycles. The first kappa shape index (κ1) is 12.8. The number of aromatic nitrogens is 2. The van der Waals surface area contributed by atoms with Gasteiger partial charge in [-0.25, -0.2) is 4.98 Å². The molecule has 0 unspecified atom stereocenters. The standard InChI is InChI=1S/C13H13BrN2O2/c1-8-11(7-13(17)18)16-12(15-8)6-9-2-4-10(14)5-3-9/h2-5H,6-7H2,1H3,(H,15,16)(H,17,18). The molecule has 0 saturated heterocycles. The van der Waals surface area contributed by atoms with Crippen LogP contribution in [-0.4, -0.2) is 21.0 Å². The number of hydrogen-bond donors (Lipinski definition) is 2. The van der Waals surface area contributed by atoms with E-state index in [0.29, 0.717) is 12.1 Å². The van der Waals surface area contributed by atoms with Gasteiger partial charge in [-0.3, -0.25) is 4.79 Å². The molecule has 2 N–H and O–H groups in total. The molecule has 0 aliphatic heterocycles. The van der Waals surface area contributed by atoms with Gasteiger partial charge < -0.3 is 10.1 Å². The minimum Gasteiger partial charge on any atom is -0.481 e. The molecule has 0 amide bonds. The molecule has 0 radical (unpaired) electrons. The first-order valence-electron chi connectivity index (χ1n) is 5.55. The predicted molar refractivity (Wildman–Crippen MR) is 71.6 cm³/mol. The van der Waals surface area contributed by atoms with Crippen LogP contribution in [0.5, 0.6) is 0 Å². The van der Waals surface area contributed by atoms with E-state index in [9.17, 15) is 4.79 Å². The Bertz CT molecular complexity index is 561. The lowest BCUT2D eigenvalue weighted by Crippen LogP contribution is -2.01. The van der Waals surface area contributed by atoms with Crippen LogP contribution < -0.4 is 0 Å². The van der Waals surface area contributed by atoms with Gasteiger partial charge in [-0.05, 0) is 24.6 Å². The average Bonchev–Trinajstić information content (AvgIpc) is 2.62. The van der Waals surface area contributed by atoms with Crippen molar-refractivity contribution in [1.82, 2.24) is 9.97 Å². The van der Waals surface area contributed by atoms with Crippen molar-refractivity contribution in [3.8, 4) is 0 Å². The monoisotopic (exact) mass is 308 g/mol. The number of hydrogen-bond acceptors (Lipinski definition) is 2. The largest absolute Gasteiger partial charge is 0.481 e. The molecule has 0 aliphatic rings. The lowest BCUT2D eigenvalue weighted by molar-refractivity contribution is -0.136. The average molecular weight is 309 g/mol. The number of halogens is 1. The zero-order valence-electron chi connectivity index (χ0n) is 9.90. The van der Waals surface area contributed by atoms with E-state index < -0.39 is 5.97 Å². The lowest BCUT2D eigenvalue weighted by atomic mass is 10.1. The number of aliphatic carboxylic acids is 1. The van der Waals surface area contributed by atoms with Gasteiger partial charge in [-0.2, -0.15) is 0 Å². The summed E-state index contributed by atoms with van der Waals surface area (Å²) in [6.45, 7) is 1.84. The van der Waals surface area contributed by atoms with Crippen LogP contribution in [0, 0.1) is 6.92 Å². The first-order chi connectivity index (χ1) is 8.54. The summed E-state index contributed by atoms with van der Waals surface area (Å²) in [6.07, 6.45) is 0.635. The molecule has 0 saturated carbocycles. The minimum absolute atomic E-state index is 0.0390. The number of carbonyl (C=O) groups is 1. The summed E-state index contributed by atoms with van der Waals surface area (Å²) in [6, 6.07) is 7.98. The van der Waals surface area contributed by atoms with E-state index in [1.54, 1.807) is 0 Å². The number of rotatable bonds is 4. The van der Waals surface area contributed by atoms with E-state index in [-0.39, 0.29) is 6.42 Å². The molecule has 18 heavy (non-hydrogen) atoms. The molecule has 1 aromatic heterocycles. The second kappa shape index (κ2) is 5.35. The van der Waals surface area contributed by atoms with E-state index in [2.05, 4.69) is 25.9 Å². The highest BCUT2D eigenvalue weighted by Gasteiger charge is 2.10. The topological polar surface area (TPSA) is 66.0 Å². The number of aromatic amines is 1. The van der Waals surface area contributed by atoms with Crippen molar-refractivity contribution in [2.24, 2.45) is 0 Å². The SMILES string of the molecule is Cc1[nH]c(Cc2ccc(Br)cc2)nc1CC(=O)O. The summed E-state index contributed by atoms with van der Waals surface area (Å²) in [5.74, 6) is -0.0640. The van der Waals surface area contributed by atoms with E-state index in [0.717, 1.165) is 21.6 Å². The maximum Gasteiger partial charge on any atom is 0.309 e. The summed E-state index contributed by atoms with van der Waals surface area (Å²) in [5, 5.41) is 8.76. The maximum atomic E-state index is 10.7. The van der Waals surface area contributed by atoms with Crippen LogP contribution in [0.2, 0.25) is 0 Å². The van der Waals surface area contributed by atoms with E-state index in [1.165, 1.54) is 0 Å². The fourth-order valence-corrected chi connectivity index (χ4v) is 2.02. The molecule has 0 spiro atoms. The van der Waals surface area contributed by atoms with Crippen LogP contribution in [0.1, 0.15) is 22.8 Å². The fraction of sp³-hybridized carbons (Fsp3) is 0.231. The number of aryl methyl sites for hydroxylation is 1. The fourth-order valence-electron chi connectivity index (χ4n) is 1.76. The number of imidazole rings is 1. The summed E-state index contributed by atoms with van der Waals surface area (Å²) in [5.41, 5.74) is 2.56. The third-order valence-corrected chi connectivity index (χ3v) is 3.17. The quantitative estimate of drug-likeness (QED) is 0.912. The highest BCUT2D eigenvalue weighted by molar-refractivity contribution is 9.10. The molecule has 5 heteroatoms. The van der Waals surface area contributed by atoms with Crippen molar-refractivity contribution >= 4 is 21.9 Å². The van der Waals surface area contributed by atoms with Crippen LogP contribution in [0.4, 0.5) is 0 Å². The predicted octanol–water partition coefficient (Wildman–Crippen LogP) is 2.70. The minimum atomic E-state index is -0.861. The van der Waals surface area contributed by atoms with Crippen LogP contribution in [0.3, 0.4) is 0 Å². The number of carboxylic acid groups (broad SMARTS) is 1. The van der Waals surface area contributed by atoms with Gasteiger partial charge in [0, 0.05) is 16.6 Å². The van der Waals surface area contributed by atoms with Crippen molar-refractivity contribution in [2.75, 3.05) is 0 Å². The number of nitrogens with zero attached hydrogens (tertiary/aromatic N) is 1. The number of benzene rings is 1. The Morgan fingerprint density at radius 2 is 2.06 bits per heavy atom. The van der Waals surface area contributed by atoms with Crippen LogP contribution in [-0.2, 0) is 17.6 Å². The van der Waals surface area contributed by atoms with Crippen LogP contribution >= 0.6 is 15.9 Å². The van der Waals surface area contributed by atoms with Crippen molar-refractivity contribution in [3.63, 3.8) is 0 Å². The summed E-state index contributed by atoms with van der Waals surface area (Å²) in [4.78, 5) is 18.1. The molecule has 1 aromatic carbocycles. The van der Waals surface area contributed by atoms with Gasteiger partial charge in [0.1, 0.15) is 5.82 Å². The zero-order valence-corrected chi connectivity index (χ0v) is 11.5. The second-order valence-corrected chi connectivity index (χ2v) is 5.04. The van der Waals surface area contributed by atoms with Gasteiger partial charge in [0.25, 0.3) is 0 Å². The third-order valence-electron chi connectivity index (χ3n) is 2.64. The van der Waals surface area contributed by atoms with Gasteiger partial charge in [0.15, 0.2) is 0 Å². The molecule has 0 atom stereocenters. The lowest BCUT2D eigenvalue weighted by Gasteiger charge is -1.98. The Labute approximate surface area is 113 Å². The third kappa shape index (κ3) is 3.20. The second-order valence-electron chi connectivity index (χ2n) is 4.13. The smallest absolute Gasteiger partial charge is 0.309 e. The van der Waals surface area contributed by atoms with E-state index in [4.69, 9.17) is 5.11 Å². The Morgan fingerprint density at radius 3 is 2.67 bits per heavy atom. The molecule has 1 heterocycles. The van der Waals surface area contributed by atoms with Crippen molar-refractivity contribution in [1.29, 1.82) is 0 Å². The highest BCUT2D eigenvalue weighted by atomic mass is 79.9. The van der Waals surface area contributed by atoms with E-state index in [1.807, 2.05) is 31.2 Å². The number of H-pyrrole nitrogens is 1. The first-order valence-corrected chi connectivity index (χ1v) is 6.34. The number of carboxylic acids is 1. The van der Waals surface area contributed by atoms with Crippen LogP contribution in [0.15, 0.2) is 28.7 Å². The van der Waals surface area contributed by atoms with E-state index >= 15 is 0 Å². The van der Waals surface area contributed by atoms with Gasteiger partial charge in [0.2, 0.25) is 0 Å². The molecule has 0 fully saturated rings. The maximum absolute atomic E-state index is 10.7.